The molecule has 1 atom stereocenters. The van der Waals surface area contributed by atoms with Gasteiger partial charge in [0.05, 0.1) is 28.4 Å². The van der Waals surface area contributed by atoms with E-state index >= 15 is 0 Å². The van der Waals surface area contributed by atoms with Crippen LogP contribution >= 0.6 is 34.8 Å². The number of para-hydroxylation sites is 1. The monoisotopic (exact) mass is 519 g/mol. The molecule has 2 N–H and O–H groups in total. The number of carbonyl (C=O) groups excluding carboxylic acids is 2. The third-order valence-electron chi connectivity index (χ3n) is 5.31. The van der Waals surface area contributed by atoms with Gasteiger partial charge < -0.3 is 10.4 Å². The maximum Gasteiger partial charge on any atom is 0.288 e. The zero-order valence-corrected chi connectivity index (χ0v) is 19.3. The fraction of sp³-hybridized carbons (Fsp3) is 0.0455. The van der Waals surface area contributed by atoms with Crippen LogP contribution in [0.4, 0.5) is 17.1 Å². The van der Waals surface area contributed by atoms with E-state index in [2.05, 4.69) is 10.3 Å². The zero-order chi connectivity index (χ0) is 24.6. The van der Waals surface area contributed by atoms with E-state index in [0.29, 0.717) is 5.56 Å². The van der Waals surface area contributed by atoms with Gasteiger partial charge in [0.25, 0.3) is 11.6 Å². The van der Waals surface area contributed by atoms with Crippen molar-refractivity contribution in [1.82, 2.24) is 14.8 Å². The molecule has 1 aliphatic rings. The molecule has 12 heteroatoms. The van der Waals surface area contributed by atoms with E-state index in [4.69, 9.17) is 34.8 Å². The number of rotatable bonds is 6. The van der Waals surface area contributed by atoms with Gasteiger partial charge in [0.15, 0.2) is 17.1 Å². The number of aromatic hydroxyl groups is 1. The first kappa shape index (κ1) is 23.7. The van der Waals surface area contributed by atoms with Crippen LogP contribution in [-0.2, 0) is 16.1 Å². The standard InChI is InChI=1S/C22H13Cl3N4O5/c23-13-5-4-12(18(6-13)28(33)34)9-29(22-15(24)7-26-8-16(22)25)10-17(27-20(32)11-30)14-2-1-3-19(31)21(14)29/h1-8,10-11H,9H2,(H-,27,31,32)/p+1. The molecule has 1 aliphatic heterocycles. The lowest BCUT2D eigenvalue weighted by molar-refractivity contribution is -0.385. The summed E-state index contributed by atoms with van der Waals surface area (Å²) in [5, 5.41) is 25.6. The number of amides is 1. The van der Waals surface area contributed by atoms with Gasteiger partial charge in [-0.15, -0.1) is 0 Å². The third kappa shape index (κ3) is 3.99. The highest BCUT2D eigenvalue weighted by atomic mass is 35.5. The number of nitro benzene ring substituents is 1. The van der Waals surface area contributed by atoms with Gasteiger partial charge >= 0.3 is 0 Å². The normalized spacial score (nSPS) is 16.5. The molecule has 3 aromatic rings. The van der Waals surface area contributed by atoms with Crippen molar-refractivity contribution in [2.45, 2.75) is 6.54 Å². The van der Waals surface area contributed by atoms with E-state index < -0.39 is 15.3 Å². The number of carbonyl (C=O) groups is 2. The van der Waals surface area contributed by atoms with E-state index in [9.17, 15) is 24.8 Å². The topological polar surface area (TPSA) is 122 Å². The Labute approximate surface area is 207 Å². The van der Waals surface area contributed by atoms with Gasteiger partial charge in [-0.2, -0.15) is 0 Å². The smallest absolute Gasteiger partial charge is 0.288 e. The second-order valence-electron chi connectivity index (χ2n) is 7.33. The quantitative estimate of drug-likeness (QED) is 0.153. The first-order valence-corrected chi connectivity index (χ1v) is 10.7. The average molecular weight is 521 g/mol. The minimum Gasteiger partial charge on any atom is -0.503 e. The maximum absolute atomic E-state index is 11.9. The van der Waals surface area contributed by atoms with Gasteiger partial charge in [-0.25, -0.2) is 4.48 Å². The van der Waals surface area contributed by atoms with E-state index in [0.717, 1.165) is 0 Å². The van der Waals surface area contributed by atoms with E-state index in [1.54, 1.807) is 12.1 Å². The maximum atomic E-state index is 11.9. The summed E-state index contributed by atoms with van der Waals surface area (Å²) in [5.41, 5.74) is 1.02. The van der Waals surface area contributed by atoms with Crippen LogP contribution in [0.1, 0.15) is 11.1 Å². The summed E-state index contributed by atoms with van der Waals surface area (Å²) in [6.07, 6.45) is 4.30. The first-order valence-electron chi connectivity index (χ1n) is 9.60. The Morgan fingerprint density at radius 2 is 1.85 bits per heavy atom. The second kappa shape index (κ2) is 9.03. The molecule has 0 aliphatic carbocycles. The largest absolute Gasteiger partial charge is 0.503 e. The molecule has 2 heterocycles. The lowest BCUT2D eigenvalue weighted by Gasteiger charge is -2.33. The number of hydrogen-bond donors (Lipinski definition) is 2. The van der Waals surface area contributed by atoms with Gasteiger partial charge in [-0.1, -0.05) is 40.9 Å². The van der Waals surface area contributed by atoms with Crippen LogP contribution in [0.5, 0.6) is 5.75 Å². The van der Waals surface area contributed by atoms with Crippen LogP contribution in [0.15, 0.2) is 55.0 Å². The molecule has 9 nitrogen and oxygen atoms in total. The number of phenols is 1. The highest BCUT2D eigenvalue weighted by molar-refractivity contribution is 6.39. The van der Waals surface area contributed by atoms with Crippen molar-refractivity contribution in [3.63, 3.8) is 0 Å². The Bertz CT molecular complexity index is 1370. The van der Waals surface area contributed by atoms with Crippen LogP contribution in [0.3, 0.4) is 0 Å². The zero-order valence-electron chi connectivity index (χ0n) is 17.0. The summed E-state index contributed by atoms with van der Waals surface area (Å²) in [7, 11) is 0. The first-order chi connectivity index (χ1) is 16.2. The van der Waals surface area contributed by atoms with Gasteiger partial charge in [0.2, 0.25) is 6.29 Å². The van der Waals surface area contributed by atoms with Crippen LogP contribution in [0, 0.1) is 10.1 Å². The Hall–Kier alpha value is -3.50. The van der Waals surface area contributed by atoms with Crippen LogP contribution in [0.25, 0.3) is 5.70 Å². The van der Waals surface area contributed by atoms with Crippen LogP contribution < -0.4 is 9.80 Å². The molecule has 0 radical (unpaired) electrons. The molecule has 0 bridgehead atoms. The van der Waals surface area contributed by atoms with Crippen molar-refractivity contribution >= 4 is 69.8 Å². The molecular formula is C22H14Cl3N4O5+. The summed E-state index contributed by atoms with van der Waals surface area (Å²) in [5.74, 6) is -1.12. The number of phenolic OH excluding ortho intramolecular Hbond substituents is 1. The number of quaternary nitrogens is 1. The summed E-state index contributed by atoms with van der Waals surface area (Å²) in [6.45, 7) is -0.151. The van der Waals surface area contributed by atoms with Crippen molar-refractivity contribution in [2.75, 3.05) is 0 Å². The Morgan fingerprint density at radius 3 is 2.50 bits per heavy atom. The molecule has 1 unspecified atom stereocenters. The highest BCUT2D eigenvalue weighted by Crippen LogP contribution is 2.55. The summed E-state index contributed by atoms with van der Waals surface area (Å²) in [6, 6.07) is 8.78. The number of nitro groups is 1. The van der Waals surface area contributed by atoms with E-state index in [1.165, 1.54) is 42.9 Å². The highest BCUT2D eigenvalue weighted by Gasteiger charge is 2.47. The summed E-state index contributed by atoms with van der Waals surface area (Å²) >= 11 is 19.0. The number of hydrogen-bond acceptors (Lipinski definition) is 6. The molecule has 0 fully saturated rings. The fourth-order valence-electron chi connectivity index (χ4n) is 4.06. The van der Waals surface area contributed by atoms with Crippen molar-refractivity contribution < 1.29 is 19.6 Å². The molecule has 4 rings (SSSR count). The van der Waals surface area contributed by atoms with Gasteiger partial charge in [-0.05, 0) is 24.3 Å². The van der Waals surface area contributed by atoms with E-state index in [1.807, 2.05) is 0 Å². The Balaban J connectivity index is 2.08. The predicted octanol–water partition coefficient (Wildman–Crippen LogP) is 5.12. The number of aldehydes is 1. The summed E-state index contributed by atoms with van der Waals surface area (Å²) in [4.78, 5) is 38.1. The number of aromatic nitrogens is 1. The van der Waals surface area contributed by atoms with Crippen molar-refractivity contribution in [3.8, 4) is 5.75 Å². The van der Waals surface area contributed by atoms with Gasteiger partial charge in [0.1, 0.15) is 28.5 Å². The molecule has 172 valence electrons. The number of benzene rings is 2. The molecule has 0 saturated carbocycles. The third-order valence-corrected chi connectivity index (χ3v) is 6.10. The molecule has 2 aromatic carbocycles. The Kier molecular flexibility index (Phi) is 6.28. The average Bonchev–Trinajstić information content (AvgIpc) is 3.09. The summed E-state index contributed by atoms with van der Waals surface area (Å²) < 4.78 is -0.445. The lowest BCUT2D eigenvalue weighted by Crippen LogP contribution is -2.37. The van der Waals surface area contributed by atoms with Crippen molar-refractivity contribution in [2.24, 2.45) is 0 Å². The van der Waals surface area contributed by atoms with Gasteiger partial charge in [0, 0.05) is 11.1 Å². The minimum absolute atomic E-state index is 0.104. The van der Waals surface area contributed by atoms with Crippen LogP contribution in [0.2, 0.25) is 15.1 Å². The Morgan fingerprint density at radius 1 is 1.15 bits per heavy atom. The SMILES string of the molecule is O=CC(=O)NC1=C[N+](Cc2ccc(Cl)cc2[N+](=O)[O-])(c2c(Cl)cncc2Cl)c2c(O)cccc21. The molecule has 1 amide bonds. The van der Waals surface area contributed by atoms with Crippen molar-refractivity contribution in [3.05, 3.63) is 91.3 Å². The number of nitrogens with one attached hydrogen (secondary N) is 1. The second-order valence-corrected chi connectivity index (χ2v) is 8.58. The number of pyridine rings is 1. The van der Waals surface area contributed by atoms with Crippen molar-refractivity contribution in [1.29, 1.82) is 0 Å². The molecule has 0 spiro atoms. The molecule has 0 saturated heterocycles. The van der Waals surface area contributed by atoms with Gasteiger partial charge in [-0.3, -0.25) is 24.7 Å². The number of halogens is 3. The van der Waals surface area contributed by atoms with E-state index in [-0.39, 0.29) is 62.0 Å². The number of fused-ring (bicyclic) bond motifs is 1. The lowest BCUT2D eigenvalue weighted by atomic mass is 10.1. The molecule has 1 aromatic heterocycles. The molecule has 34 heavy (non-hydrogen) atoms. The predicted molar refractivity (Wildman–Crippen MR) is 128 cm³/mol. The fourth-order valence-corrected chi connectivity index (χ4v) is 4.89. The minimum atomic E-state index is -0.926. The van der Waals surface area contributed by atoms with Crippen LogP contribution in [-0.4, -0.2) is 27.2 Å². The number of nitrogens with zero attached hydrogens (tertiary/aromatic N) is 3. The molecular weight excluding hydrogens is 507 g/mol.